The van der Waals surface area contributed by atoms with Gasteiger partial charge in [0.25, 0.3) is 5.91 Å². The lowest BCUT2D eigenvalue weighted by Gasteiger charge is -2.16. The normalized spacial score (nSPS) is 10.8. The number of rotatable bonds is 4. The van der Waals surface area contributed by atoms with Crippen LogP contribution in [0.25, 0.3) is 10.9 Å². The van der Waals surface area contributed by atoms with Crippen molar-refractivity contribution >= 4 is 16.8 Å². The third-order valence-electron chi connectivity index (χ3n) is 3.07. The highest BCUT2D eigenvalue weighted by molar-refractivity contribution is 6.06. The number of nitrogens with zero attached hydrogens (tertiary/aromatic N) is 1. The van der Waals surface area contributed by atoms with E-state index in [-0.39, 0.29) is 11.7 Å². The van der Waals surface area contributed by atoms with Gasteiger partial charge < -0.3 is 9.88 Å². The fourth-order valence-electron chi connectivity index (χ4n) is 1.97. The highest BCUT2D eigenvalue weighted by Crippen LogP contribution is 2.20. The van der Waals surface area contributed by atoms with Gasteiger partial charge in [0.05, 0.1) is 5.56 Å². The van der Waals surface area contributed by atoms with Gasteiger partial charge in [0, 0.05) is 30.7 Å². The molecule has 18 heavy (non-hydrogen) atoms. The van der Waals surface area contributed by atoms with Crippen molar-refractivity contribution in [2.45, 2.75) is 19.8 Å². The number of benzene rings is 1. The summed E-state index contributed by atoms with van der Waals surface area (Å²) in [6.07, 6.45) is 3.66. The summed E-state index contributed by atoms with van der Waals surface area (Å²) in [7, 11) is 1.77. The van der Waals surface area contributed by atoms with E-state index in [1.54, 1.807) is 24.2 Å². The molecule has 1 N–H and O–H groups in total. The monoisotopic (exact) mass is 248 g/mol. The Kier molecular flexibility index (Phi) is 3.65. The molecule has 96 valence electrons. The first-order valence-electron chi connectivity index (χ1n) is 6.15. The topological polar surface area (TPSA) is 36.1 Å². The van der Waals surface area contributed by atoms with Gasteiger partial charge in [-0.1, -0.05) is 13.3 Å². The van der Waals surface area contributed by atoms with E-state index in [9.17, 15) is 9.18 Å². The fourth-order valence-corrected chi connectivity index (χ4v) is 1.97. The summed E-state index contributed by atoms with van der Waals surface area (Å²) in [5, 5.41) is 0.642. The first-order chi connectivity index (χ1) is 8.63. The molecule has 0 aliphatic carbocycles. The van der Waals surface area contributed by atoms with Crippen molar-refractivity contribution in [2.75, 3.05) is 13.6 Å². The standard InChI is InChI=1S/C14H17FN2O/c1-3-4-7-17(2)14(18)12-9-16-13-6-5-10(15)8-11(12)13/h5-6,8-9,16H,3-4,7H2,1-2H3. The summed E-state index contributed by atoms with van der Waals surface area (Å²) in [5.74, 6) is -0.396. The summed E-state index contributed by atoms with van der Waals surface area (Å²) in [6, 6.07) is 4.42. The zero-order valence-corrected chi connectivity index (χ0v) is 10.7. The third kappa shape index (κ3) is 2.37. The number of nitrogens with one attached hydrogen (secondary N) is 1. The van der Waals surface area contributed by atoms with Crippen molar-refractivity contribution in [3.63, 3.8) is 0 Å². The van der Waals surface area contributed by atoms with Gasteiger partial charge in [-0.2, -0.15) is 0 Å². The minimum Gasteiger partial charge on any atom is -0.360 e. The Morgan fingerprint density at radius 2 is 2.22 bits per heavy atom. The summed E-state index contributed by atoms with van der Waals surface area (Å²) in [6.45, 7) is 2.80. The van der Waals surface area contributed by atoms with Crippen molar-refractivity contribution < 1.29 is 9.18 Å². The SMILES string of the molecule is CCCCN(C)C(=O)c1c[nH]c2ccc(F)cc12. The Morgan fingerprint density at radius 3 is 2.94 bits per heavy atom. The Labute approximate surface area is 106 Å². The Morgan fingerprint density at radius 1 is 1.44 bits per heavy atom. The largest absolute Gasteiger partial charge is 0.360 e. The van der Waals surface area contributed by atoms with Gasteiger partial charge in [0.15, 0.2) is 0 Å². The summed E-state index contributed by atoms with van der Waals surface area (Å²) in [5.41, 5.74) is 1.31. The first kappa shape index (κ1) is 12.6. The molecule has 0 fully saturated rings. The van der Waals surface area contributed by atoms with Crippen LogP contribution in [0.2, 0.25) is 0 Å². The summed E-state index contributed by atoms with van der Waals surface area (Å²) >= 11 is 0. The molecule has 1 aromatic carbocycles. The predicted octanol–water partition coefficient (Wildman–Crippen LogP) is 3.18. The van der Waals surface area contributed by atoms with Crippen LogP contribution in [0.4, 0.5) is 4.39 Å². The van der Waals surface area contributed by atoms with E-state index >= 15 is 0 Å². The van der Waals surface area contributed by atoms with Crippen LogP contribution in [0.1, 0.15) is 30.1 Å². The van der Waals surface area contributed by atoms with Gasteiger partial charge >= 0.3 is 0 Å². The van der Waals surface area contributed by atoms with Crippen LogP contribution in [0, 0.1) is 5.82 Å². The molecule has 3 nitrogen and oxygen atoms in total. The molecule has 0 saturated carbocycles. The van der Waals surface area contributed by atoms with Crippen LogP contribution in [0.5, 0.6) is 0 Å². The summed E-state index contributed by atoms with van der Waals surface area (Å²) in [4.78, 5) is 16.9. The number of aromatic amines is 1. The maximum Gasteiger partial charge on any atom is 0.255 e. The molecule has 0 saturated heterocycles. The van der Waals surface area contributed by atoms with Gasteiger partial charge in [-0.15, -0.1) is 0 Å². The zero-order valence-electron chi connectivity index (χ0n) is 10.7. The second-order valence-corrected chi connectivity index (χ2v) is 4.47. The number of H-pyrrole nitrogens is 1. The number of fused-ring (bicyclic) bond motifs is 1. The second-order valence-electron chi connectivity index (χ2n) is 4.47. The van der Waals surface area contributed by atoms with Gasteiger partial charge in [-0.25, -0.2) is 4.39 Å². The second kappa shape index (κ2) is 5.21. The minimum absolute atomic E-state index is 0.0692. The number of unbranched alkanes of at least 4 members (excludes halogenated alkanes) is 1. The number of carbonyl (C=O) groups is 1. The van der Waals surface area contributed by atoms with Crippen molar-refractivity contribution in [3.05, 3.63) is 35.8 Å². The molecule has 0 aliphatic rings. The van der Waals surface area contributed by atoms with Crippen LogP contribution < -0.4 is 0 Å². The molecule has 1 aromatic heterocycles. The van der Waals surface area contributed by atoms with Crippen LogP contribution in [0.15, 0.2) is 24.4 Å². The molecule has 2 aromatic rings. The molecule has 1 amide bonds. The quantitative estimate of drug-likeness (QED) is 0.886. The maximum absolute atomic E-state index is 13.2. The first-order valence-corrected chi connectivity index (χ1v) is 6.15. The summed E-state index contributed by atoms with van der Waals surface area (Å²) < 4.78 is 13.2. The average Bonchev–Trinajstić information content (AvgIpc) is 2.77. The molecular weight excluding hydrogens is 231 g/mol. The van der Waals surface area contributed by atoms with Crippen LogP contribution in [-0.2, 0) is 0 Å². The Bertz CT molecular complexity index is 562. The molecular formula is C14H17FN2O. The number of hydrogen-bond acceptors (Lipinski definition) is 1. The minimum atomic E-state index is -0.327. The molecule has 4 heteroatoms. The van der Waals surface area contributed by atoms with Crippen molar-refractivity contribution in [1.29, 1.82) is 0 Å². The van der Waals surface area contributed by atoms with Crippen molar-refractivity contribution in [1.82, 2.24) is 9.88 Å². The van der Waals surface area contributed by atoms with Crippen LogP contribution >= 0.6 is 0 Å². The van der Waals surface area contributed by atoms with E-state index in [2.05, 4.69) is 11.9 Å². The average molecular weight is 248 g/mol. The molecule has 0 spiro atoms. The van der Waals surface area contributed by atoms with Gasteiger partial charge in [-0.05, 0) is 24.6 Å². The van der Waals surface area contributed by atoms with Gasteiger partial charge in [0.2, 0.25) is 0 Å². The molecule has 2 rings (SSSR count). The van der Waals surface area contributed by atoms with Crippen LogP contribution in [-0.4, -0.2) is 29.4 Å². The third-order valence-corrected chi connectivity index (χ3v) is 3.07. The highest BCUT2D eigenvalue weighted by atomic mass is 19.1. The molecule has 0 radical (unpaired) electrons. The van der Waals surface area contributed by atoms with E-state index in [4.69, 9.17) is 0 Å². The molecule has 0 unspecified atom stereocenters. The smallest absolute Gasteiger partial charge is 0.255 e. The van der Waals surface area contributed by atoms with Crippen LogP contribution in [0.3, 0.4) is 0 Å². The fraction of sp³-hybridized carbons (Fsp3) is 0.357. The molecule has 0 bridgehead atoms. The predicted molar refractivity (Wildman–Crippen MR) is 70.1 cm³/mol. The lowest BCUT2D eigenvalue weighted by atomic mass is 10.1. The number of amides is 1. The van der Waals surface area contributed by atoms with E-state index in [0.29, 0.717) is 10.9 Å². The molecule has 0 aliphatic heterocycles. The number of halogens is 1. The van der Waals surface area contributed by atoms with Crippen molar-refractivity contribution in [3.8, 4) is 0 Å². The van der Waals surface area contributed by atoms with E-state index < -0.39 is 0 Å². The highest BCUT2D eigenvalue weighted by Gasteiger charge is 2.16. The van der Waals surface area contributed by atoms with E-state index in [1.807, 2.05) is 0 Å². The number of carbonyl (C=O) groups excluding carboxylic acids is 1. The zero-order chi connectivity index (χ0) is 13.1. The van der Waals surface area contributed by atoms with Gasteiger partial charge in [0.1, 0.15) is 5.82 Å². The number of hydrogen-bond donors (Lipinski definition) is 1. The maximum atomic E-state index is 13.2. The number of aromatic nitrogens is 1. The molecule has 0 atom stereocenters. The molecule has 1 heterocycles. The Hall–Kier alpha value is -1.84. The van der Waals surface area contributed by atoms with Gasteiger partial charge in [-0.3, -0.25) is 4.79 Å². The van der Waals surface area contributed by atoms with E-state index in [0.717, 1.165) is 24.9 Å². The van der Waals surface area contributed by atoms with Crippen molar-refractivity contribution in [2.24, 2.45) is 0 Å². The lowest BCUT2D eigenvalue weighted by molar-refractivity contribution is 0.0795. The lowest BCUT2D eigenvalue weighted by Crippen LogP contribution is -2.27. The Balaban J connectivity index is 2.30. The van der Waals surface area contributed by atoms with E-state index in [1.165, 1.54) is 12.1 Å².